The highest BCUT2D eigenvalue weighted by Crippen LogP contribution is 2.34. The summed E-state index contributed by atoms with van der Waals surface area (Å²) in [7, 11) is 0. The lowest BCUT2D eigenvalue weighted by molar-refractivity contribution is -0.140. The smallest absolute Gasteiger partial charge is 0.338 e. The van der Waals surface area contributed by atoms with Crippen molar-refractivity contribution in [2.45, 2.75) is 38.9 Å². The van der Waals surface area contributed by atoms with E-state index in [1.807, 2.05) is 0 Å². The second-order valence-corrected chi connectivity index (χ2v) is 7.39. The van der Waals surface area contributed by atoms with Crippen LogP contribution >= 0.6 is 11.6 Å². The molecule has 30 heavy (non-hydrogen) atoms. The summed E-state index contributed by atoms with van der Waals surface area (Å²) >= 11 is 6.23. The maximum atomic E-state index is 14.2. The molecule has 0 saturated carbocycles. The summed E-state index contributed by atoms with van der Waals surface area (Å²) in [5.41, 5.74) is 0.162. The van der Waals surface area contributed by atoms with Gasteiger partial charge >= 0.3 is 6.18 Å². The van der Waals surface area contributed by atoms with Crippen LogP contribution in [0.4, 0.5) is 23.2 Å². The minimum Gasteiger partial charge on any atom is -0.338 e. The number of amides is 2. The molecule has 2 aromatic carbocycles. The van der Waals surface area contributed by atoms with E-state index in [4.69, 9.17) is 11.6 Å². The molecular weight excluding hydrogens is 424 g/mol. The Kier molecular flexibility index (Phi) is 6.36. The fourth-order valence-corrected chi connectivity index (χ4v) is 3.72. The first kappa shape index (κ1) is 22.1. The molecule has 1 aliphatic heterocycles. The summed E-state index contributed by atoms with van der Waals surface area (Å²) in [6.45, 7) is 2.62. The zero-order chi connectivity index (χ0) is 22.1. The Balaban J connectivity index is 1.81. The van der Waals surface area contributed by atoms with Gasteiger partial charge in [-0.2, -0.15) is 13.2 Å². The Morgan fingerprint density at radius 3 is 2.60 bits per heavy atom. The monoisotopic (exact) mass is 442 g/mol. The quantitative estimate of drug-likeness (QED) is 0.679. The van der Waals surface area contributed by atoms with E-state index in [0.29, 0.717) is 37.7 Å². The van der Waals surface area contributed by atoms with E-state index in [9.17, 15) is 27.2 Å². The maximum absolute atomic E-state index is 14.2. The first-order valence-electron chi connectivity index (χ1n) is 9.34. The summed E-state index contributed by atoms with van der Waals surface area (Å²) in [5, 5.41) is 2.87. The van der Waals surface area contributed by atoms with Crippen LogP contribution in [0.2, 0.25) is 5.02 Å². The maximum Gasteiger partial charge on any atom is 0.419 e. The number of hydrogen-bond donors (Lipinski definition) is 1. The van der Waals surface area contributed by atoms with Gasteiger partial charge in [-0.05, 0) is 35.2 Å². The predicted molar refractivity (Wildman–Crippen MR) is 105 cm³/mol. The molecule has 2 aromatic rings. The molecule has 3 rings (SSSR count). The number of alkyl halides is 3. The van der Waals surface area contributed by atoms with Gasteiger partial charge in [0.05, 0.1) is 22.7 Å². The number of halogens is 5. The van der Waals surface area contributed by atoms with Gasteiger partial charge < -0.3 is 10.2 Å². The van der Waals surface area contributed by atoms with Crippen LogP contribution in [0.3, 0.4) is 0 Å². The molecule has 1 N–H and O–H groups in total. The van der Waals surface area contributed by atoms with Gasteiger partial charge in [-0.1, -0.05) is 36.7 Å². The van der Waals surface area contributed by atoms with Crippen LogP contribution in [0, 0.1) is 5.82 Å². The number of anilines is 1. The van der Waals surface area contributed by atoms with Gasteiger partial charge in [0.15, 0.2) is 0 Å². The van der Waals surface area contributed by atoms with Crippen LogP contribution in [0.1, 0.15) is 35.6 Å². The number of nitrogens with zero attached hydrogens (tertiary/aromatic N) is 1. The summed E-state index contributed by atoms with van der Waals surface area (Å²) in [4.78, 5) is 26.1. The Labute approximate surface area is 175 Å². The topological polar surface area (TPSA) is 49.4 Å². The van der Waals surface area contributed by atoms with Crippen molar-refractivity contribution in [1.29, 1.82) is 0 Å². The number of rotatable bonds is 4. The van der Waals surface area contributed by atoms with Gasteiger partial charge in [-0.15, -0.1) is 0 Å². The van der Waals surface area contributed by atoms with Gasteiger partial charge in [-0.3, -0.25) is 9.59 Å². The second kappa shape index (κ2) is 8.63. The molecule has 0 aromatic heterocycles. The summed E-state index contributed by atoms with van der Waals surface area (Å²) in [6, 6.07) is 6.19. The molecule has 1 aliphatic rings. The van der Waals surface area contributed by atoms with Crippen molar-refractivity contribution in [2.75, 3.05) is 11.9 Å². The van der Waals surface area contributed by atoms with Crippen LogP contribution in [-0.2, 0) is 35.2 Å². The lowest BCUT2D eigenvalue weighted by Crippen LogP contribution is -2.36. The van der Waals surface area contributed by atoms with E-state index in [-0.39, 0.29) is 16.5 Å². The number of hydrogen-bond acceptors (Lipinski definition) is 2. The number of nitrogens with one attached hydrogen (secondary N) is 1. The third-order valence-corrected chi connectivity index (χ3v) is 5.32. The van der Waals surface area contributed by atoms with Crippen LogP contribution in [0.15, 0.2) is 30.3 Å². The Morgan fingerprint density at radius 1 is 1.20 bits per heavy atom. The van der Waals surface area contributed by atoms with Crippen molar-refractivity contribution in [2.24, 2.45) is 0 Å². The molecule has 9 heteroatoms. The SMILES string of the molecule is CCC(=O)N1CCc2c(ccc(Cl)c2NC(=O)Cc2cccc(C(F)(F)F)c2F)C1. The molecule has 0 bridgehead atoms. The normalized spacial score (nSPS) is 13.7. The van der Waals surface area contributed by atoms with Crippen LogP contribution in [-0.4, -0.2) is 23.3 Å². The van der Waals surface area contributed by atoms with Gasteiger partial charge in [-0.25, -0.2) is 4.39 Å². The molecule has 1 heterocycles. The average Bonchev–Trinajstić information content (AvgIpc) is 2.69. The fourth-order valence-electron chi connectivity index (χ4n) is 3.49. The van der Waals surface area contributed by atoms with E-state index < -0.39 is 29.9 Å². The van der Waals surface area contributed by atoms with Crippen molar-refractivity contribution in [1.82, 2.24) is 4.90 Å². The molecule has 160 valence electrons. The summed E-state index contributed by atoms with van der Waals surface area (Å²) < 4.78 is 52.9. The largest absolute Gasteiger partial charge is 0.419 e. The van der Waals surface area contributed by atoms with Crippen LogP contribution in [0.5, 0.6) is 0 Å². The molecule has 0 aliphatic carbocycles. The third kappa shape index (κ3) is 4.59. The molecule has 0 unspecified atom stereocenters. The van der Waals surface area contributed by atoms with Crippen molar-refractivity contribution < 1.29 is 27.2 Å². The Morgan fingerprint density at radius 2 is 1.93 bits per heavy atom. The zero-order valence-electron chi connectivity index (χ0n) is 16.1. The Hall–Kier alpha value is -2.61. The van der Waals surface area contributed by atoms with E-state index in [0.717, 1.165) is 23.3 Å². The summed E-state index contributed by atoms with van der Waals surface area (Å²) in [6.07, 6.45) is -4.57. The number of fused-ring (bicyclic) bond motifs is 1. The highest BCUT2D eigenvalue weighted by molar-refractivity contribution is 6.34. The molecule has 0 spiro atoms. The highest BCUT2D eigenvalue weighted by Gasteiger charge is 2.35. The first-order valence-corrected chi connectivity index (χ1v) is 9.72. The van der Waals surface area contributed by atoms with E-state index in [2.05, 4.69) is 5.32 Å². The predicted octanol–water partition coefficient (Wildman–Crippen LogP) is 4.97. The standard InChI is InChI=1S/C21H19ClF4N2O2/c1-2-18(30)28-9-8-14-13(11-28)6-7-16(22)20(14)27-17(29)10-12-4-3-5-15(19(12)23)21(24,25)26/h3-7H,2,8-11H2,1H3,(H,27,29). The van der Waals surface area contributed by atoms with Gasteiger partial charge in [0.1, 0.15) is 5.82 Å². The van der Waals surface area contributed by atoms with E-state index in [1.165, 1.54) is 0 Å². The van der Waals surface area contributed by atoms with Crippen molar-refractivity contribution in [3.05, 3.63) is 63.4 Å². The van der Waals surface area contributed by atoms with Crippen molar-refractivity contribution in [3.63, 3.8) is 0 Å². The van der Waals surface area contributed by atoms with Crippen molar-refractivity contribution >= 4 is 29.1 Å². The minimum absolute atomic E-state index is 0.0150. The second-order valence-electron chi connectivity index (χ2n) is 6.98. The van der Waals surface area contributed by atoms with Crippen molar-refractivity contribution in [3.8, 4) is 0 Å². The fraction of sp³-hybridized carbons (Fsp3) is 0.333. The number of carbonyl (C=O) groups is 2. The number of carbonyl (C=O) groups excluding carboxylic acids is 2. The van der Waals surface area contributed by atoms with Gasteiger partial charge in [0.25, 0.3) is 0 Å². The van der Waals surface area contributed by atoms with Gasteiger partial charge in [0, 0.05) is 19.5 Å². The van der Waals surface area contributed by atoms with E-state index in [1.54, 1.807) is 24.0 Å². The van der Waals surface area contributed by atoms with Crippen LogP contribution in [0.25, 0.3) is 0 Å². The van der Waals surface area contributed by atoms with Gasteiger partial charge in [0.2, 0.25) is 11.8 Å². The highest BCUT2D eigenvalue weighted by atomic mass is 35.5. The summed E-state index contributed by atoms with van der Waals surface area (Å²) in [5.74, 6) is -2.13. The minimum atomic E-state index is -4.85. The molecule has 0 atom stereocenters. The molecular formula is C21H19ClF4N2O2. The molecule has 2 amide bonds. The van der Waals surface area contributed by atoms with Crippen LogP contribution < -0.4 is 5.32 Å². The zero-order valence-corrected chi connectivity index (χ0v) is 16.8. The average molecular weight is 443 g/mol. The third-order valence-electron chi connectivity index (χ3n) is 5.01. The lowest BCUT2D eigenvalue weighted by Gasteiger charge is -2.30. The van der Waals surface area contributed by atoms with E-state index >= 15 is 0 Å². The molecule has 4 nitrogen and oxygen atoms in total. The molecule has 0 radical (unpaired) electrons. The lowest BCUT2D eigenvalue weighted by atomic mass is 9.97. The number of benzene rings is 2. The molecule has 0 saturated heterocycles. The Bertz CT molecular complexity index is 992. The molecule has 0 fully saturated rings. The first-order chi connectivity index (χ1) is 14.1.